The summed E-state index contributed by atoms with van der Waals surface area (Å²) < 4.78 is 20.9. The molecule has 28 heavy (non-hydrogen) atoms. The number of nitrogens with zero attached hydrogens (tertiary/aromatic N) is 3. The Hall–Kier alpha value is -2.93. The fourth-order valence-electron chi connectivity index (χ4n) is 3.48. The lowest BCUT2D eigenvalue weighted by Gasteiger charge is -2.28. The van der Waals surface area contributed by atoms with Crippen molar-refractivity contribution in [2.45, 2.75) is 19.9 Å². The molecule has 6 nitrogen and oxygen atoms in total. The SMILES string of the molecule is CCc1nc2c(F)cccn2c1C(=O)NCc1ccc(N2CCOCC2)cc1. The number of carbonyl (C=O) groups excluding carboxylic acids is 1. The molecule has 1 aliphatic heterocycles. The highest BCUT2D eigenvalue weighted by molar-refractivity contribution is 5.94. The number of rotatable bonds is 5. The van der Waals surface area contributed by atoms with Gasteiger partial charge in [0.25, 0.3) is 5.91 Å². The van der Waals surface area contributed by atoms with Crippen LogP contribution in [0, 0.1) is 5.82 Å². The third-order valence-electron chi connectivity index (χ3n) is 4.99. The summed E-state index contributed by atoms with van der Waals surface area (Å²) in [7, 11) is 0. The molecule has 4 rings (SSSR count). The predicted molar refractivity (Wildman–Crippen MR) is 105 cm³/mol. The van der Waals surface area contributed by atoms with Crippen molar-refractivity contribution in [2.24, 2.45) is 0 Å². The molecule has 1 amide bonds. The van der Waals surface area contributed by atoms with Crippen molar-refractivity contribution in [3.05, 3.63) is 65.4 Å². The number of hydrogen-bond donors (Lipinski definition) is 1. The molecule has 0 spiro atoms. The molecule has 1 N–H and O–H groups in total. The number of nitrogens with one attached hydrogen (secondary N) is 1. The number of amides is 1. The van der Waals surface area contributed by atoms with Crippen LogP contribution in [0.2, 0.25) is 0 Å². The molecule has 1 saturated heterocycles. The molecular formula is C21H23FN4O2. The zero-order chi connectivity index (χ0) is 19.5. The highest BCUT2D eigenvalue weighted by Gasteiger charge is 2.19. The largest absolute Gasteiger partial charge is 0.378 e. The van der Waals surface area contributed by atoms with Gasteiger partial charge in [0, 0.05) is 31.5 Å². The number of imidazole rings is 1. The maximum absolute atomic E-state index is 14.0. The maximum atomic E-state index is 14.0. The van der Waals surface area contributed by atoms with Gasteiger partial charge in [0.2, 0.25) is 0 Å². The molecule has 3 heterocycles. The van der Waals surface area contributed by atoms with Crippen LogP contribution in [0.25, 0.3) is 5.65 Å². The molecule has 0 unspecified atom stereocenters. The van der Waals surface area contributed by atoms with Crippen molar-refractivity contribution in [2.75, 3.05) is 31.2 Å². The zero-order valence-corrected chi connectivity index (χ0v) is 15.8. The van der Waals surface area contributed by atoms with E-state index in [1.165, 1.54) is 10.5 Å². The van der Waals surface area contributed by atoms with E-state index in [-0.39, 0.29) is 11.6 Å². The van der Waals surface area contributed by atoms with Crippen molar-refractivity contribution >= 4 is 17.2 Å². The Kier molecular flexibility index (Phi) is 5.25. The molecule has 3 aromatic rings. The minimum Gasteiger partial charge on any atom is -0.378 e. The minimum absolute atomic E-state index is 0.180. The number of ether oxygens (including phenoxy) is 1. The van der Waals surface area contributed by atoms with Crippen LogP contribution < -0.4 is 10.2 Å². The summed E-state index contributed by atoms with van der Waals surface area (Å²) >= 11 is 0. The molecule has 1 aromatic carbocycles. The first-order valence-corrected chi connectivity index (χ1v) is 9.52. The van der Waals surface area contributed by atoms with Crippen LogP contribution in [-0.4, -0.2) is 41.6 Å². The van der Waals surface area contributed by atoms with Gasteiger partial charge >= 0.3 is 0 Å². The molecule has 1 aliphatic rings. The van der Waals surface area contributed by atoms with E-state index in [0.29, 0.717) is 24.4 Å². The second-order valence-electron chi connectivity index (χ2n) is 6.76. The normalized spacial score (nSPS) is 14.4. The van der Waals surface area contributed by atoms with E-state index < -0.39 is 5.82 Å². The first-order valence-electron chi connectivity index (χ1n) is 9.52. The summed E-state index contributed by atoms with van der Waals surface area (Å²) in [5, 5.41) is 2.93. The number of carbonyl (C=O) groups is 1. The maximum Gasteiger partial charge on any atom is 0.270 e. The van der Waals surface area contributed by atoms with Gasteiger partial charge in [-0.05, 0) is 36.2 Å². The van der Waals surface area contributed by atoms with Crippen LogP contribution in [0.15, 0.2) is 42.6 Å². The van der Waals surface area contributed by atoms with Crippen molar-refractivity contribution < 1.29 is 13.9 Å². The van der Waals surface area contributed by atoms with Crippen LogP contribution in [0.1, 0.15) is 28.7 Å². The summed E-state index contributed by atoms with van der Waals surface area (Å²) in [6, 6.07) is 11.1. The Morgan fingerprint density at radius 2 is 1.96 bits per heavy atom. The molecule has 0 saturated carbocycles. The van der Waals surface area contributed by atoms with E-state index in [2.05, 4.69) is 27.3 Å². The van der Waals surface area contributed by atoms with Crippen LogP contribution in [-0.2, 0) is 17.7 Å². The van der Waals surface area contributed by atoms with Gasteiger partial charge in [0.15, 0.2) is 11.5 Å². The smallest absolute Gasteiger partial charge is 0.270 e. The van der Waals surface area contributed by atoms with Gasteiger partial charge in [-0.2, -0.15) is 0 Å². The molecule has 1 fully saturated rings. The lowest BCUT2D eigenvalue weighted by atomic mass is 10.1. The van der Waals surface area contributed by atoms with Crippen molar-refractivity contribution in [3.8, 4) is 0 Å². The quantitative estimate of drug-likeness (QED) is 0.737. The molecule has 0 aliphatic carbocycles. The summed E-state index contributed by atoms with van der Waals surface area (Å²) in [6.07, 6.45) is 2.22. The van der Waals surface area contributed by atoms with Crippen LogP contribution in [0.3, 0.4) is 0 Å². The predicted octanol–water partition coefficient (Wildman–Crippen LogP) is 2.80. The number of hydrogen-bond acceptors (Lipinski definition) is 4. The number of benzene rings is 1. The number of morpholine rings is 1. The van der Waals surface area contributed by atoms with E-state index >= 15 is 0 Å². The van der Waals surface area contributed by atoms with Gasteiger partial charge in [-0.25, -0.2) is 9.37 Å². The first kappa shape index (κ1) is 18.4. The van der Waals surface area contributed by atoms with E-state index in [4.69, 9.17) is 4.74 Å². The van der Waals surface area contributed by atoms with E-state index in [0.717, 1.165) is 37.6 Å². The topological polar surface area (TPSA) is 58.9 Å². The van der Waals surface area contributed by atoms with E-state index in [9.17, 15) is 9.18 Å². The standard InChI is InChI=1S/C21H23FN4O2/c1-2-18-19(26-9-3-4-17(22)20(26)24-18)21(27)23-14-15-5-7-16(8-6-15)25-10-12-28-13-11-25/h3-9H,2,10-14H2,1H3,(H,23,27). The third-order valence-corrected chi connectivity index (χ3v) is 4.99. The minimum atomic E-state index is -0.435. The van der Waals surface area contributed by atoms with Crippen LogP contribution in [0.4, 0.5) is 10.1 Å². The Bertz CT molecular complexity index is 978. The Balaban J connectivity index is 1.47. The average molecular weight is 382 g/mol. The highest BCUT2D eigenvalue weighted by Crippen LogP contribution is 2.18. The Morgan fingerprint density at radius 3 is 2.68 bits per heavy atom. The van der Waals surface area contributed by atoms with Gasteiger partial charge in [-0.1, -0.05) is 19.1 Å². The number of aryl methyl sites for hydroxylation is 1. The second kappa shape index (κ2) is 7.98. The molecule has 0 atom stereocenters. The lowest BCUT2D eigenvalue weighted by Crippen LogP contribution is -2.36. The lowest BCUT2D eigenvalue weighted by molar-refractivity contribution is 0.0944. The second-order valence-corrected chi connectivity index (χ2v) is 6.76. The molecule has 146 valence electrons. The highest BCUT2D eigenvalue weighted by atomic mass is 19.1. The van der Waals surface area contributed by atoms with Gasteiger partial charge in [0.1, 0.15) is 5.69 Å². The fourth-order valence-corrected chi connectivity index (χ4v) is 3.48. The summed E-state index contributed by atoms with van der Waals surface area (Å²) in [5.41, 5.74) is 3.32. The molecule has 0 radical (unpaired) electrons. The summed E-state index contributed by atoms with van der Waals surface area (Å²) in [6.45, 7) is 5.57. The Labute approximate surface area is 162 Å². The molecule has 2 aromatic heterocycles. The number of aromatic nitrogens is 2. The van der Waals surface area contributed by atoms with Gasteiger partial charge < -0.3 is 15.0 Å². The number of anilines is 1. The van der Waals surface area contributed by atoms with Crippen molar-refractivity contribution in [1.82, 2.24) is 14.7 Å². The van der Waals surface area contributed by atoms with E-state index in [1.807, 2.05) is 19.1 Å². The van der Waals surface area contributed by atoms with Gasteiger partial charge in [-0.3, -0.25) is 9.20 Å². The Morgan fingerprint density at radius 1 is 1.21 bits per heavy atom. The monoisotopic (exact) mass is 382 g/mol. The van der Waals surface area contributed by atoms with Crippen LogP contribution >= 0.6 is 0 Å². The molecule has 0 bridgehead atoms. The van der Waals surface area contributed by atoms with Crippen molar-refractivity contribution in [3.63, 3.8) is 0 Å². The van der Waals surface area contributed by atoms with Gasteiger partial charge in [-0.15, -0.1) is 0 Å². The number of pyridine rings is 1. The average Bonchev–Trinajstić information content (AvgIpc) is 3.13. The molecule has 7 heteroatoms. The molecular weight excluding hydrogens is 359 g/mol. The number of halogens is 1. The third kappa shape index (κ3) is 3.57. The fraction of sp³-hybridized carbons (Fsp3) is 0.333. The van der Waals surface area contributed by atoms with Crippen LogP contribution in [0.5, 0.6) is 0 Å². The van der Waals surface area contributed by atoms with E-state index in [1.54, 1.807) is 12.3 Å². The summed E-state index contributed by atoms with van der Waals surface area (Å²) in [5.74, 6) is -0.692. The zero-order valence-electron chi connectivity index (χ0n) is 15.8. The first-order chi connectivity index (χ1) is 13.7. The number of fused-ring (bicyclic) bond motifs is 1. The van der Waals surface area contributed by atoms with Gasteiger partial charge in [0.05, 0.1) is 18.9 Å². The van der Waals surface area contributed by atoms with Crippen molar-refractivity contribution in [1.29, 1.82) is 0 Å². The summed E-state index contributed by atoms with van der Waals surface area (Å²) in [4.78, 5) is 19.3.